The molecule has 1 amide bonds. The first-order valence-electron chi connectivity index (χ1n) is 16.6. The lowest BCUT2D eigenvalue weighted by molar-refractivity contribution is -0.131. The van der Waals surface area contributed by atoms with E-state index in [0.29, 0.717) is 5.92 Å². The second-order valence-electron chi connectivity index (χ2n) is 15.4. The third-order valence-electron chi connectivity index (χ3n) is 11.1. The fraction of sp³-hybridized carbons (Fsp3) is 0.595. The highest BCUT2D eigenvalue weighted by atomic mass is 28.3. The molecule has 4 nitrogen and oxygen atoms in total. The first kappa shape index (κ1) is 28.1. The molecule has 0 aromatic heterocycles. The number of rotatable bonds is 5. The molecule has 8 rings (SSSR count). The van der Waals surface area contributed by atoms with Gasteiger partial charge in [0.05, 0.1) is 13.2 Å². The summed E-state index contributed by atoms with van der Waals surface area (Å²) >= 11 is 0. The Labute approximate surface area is 254 Å². The number of ether oxygens (including phenoxy) is 1. The van der Waals surface area contributed by atoms with E-state index in [1.54, 1.807) is 7.11 Å². The third-order valence-corrected chi connectivity index (χ3v) is 12.0. The maximum absolute atomic E-state index is 14.1. The highest BCUT2D eigenvalue weighted by Gasteiger charge is 2.51. The van der Waals surface area contributed by atoms with Gasteiger partial charge in [0, 0.05) is 17.3 Å². The molecule has 5 heteroatoms. The van der Waals surface area contributed by atoms with E-state index in [-0.39, 0.29) is 23.5 Å². The van der Waals surface area contributed by atoms with Crippen molar-refractivity contribution in [3.63, 3.8) is 0 Å². The average molecular weight is 581 g/mol. The van der Waals surface area contributed by atoms with Crippen LogP contribution >= 0.6 is 0 Å². The second-order valence-corrected chi connectivity index (χ2v) is 20.2. The van der Waals surface area contributed by atoms with Crippen LogP contribution in [0.15, 0.2) is 42.5 Å². The normalized spacial score (nSPS) is 31.8. The first-order chi connectivity index (χ1) is 20.2. The van der Waals surface area contributed by atoms with Crippen molar-refractivity contribution in [3.8, 4) is 17.2 Å². The van der Waals surface area contributed by atoms with Crippen molar-refractivity contribution in [1.29, 1.82) is 0 Å². The van der Waals surface area contributed by atoms with Gasteiger partial charge in [0.15, 0.2) is 0 Å². The number of hydrogen-bond donors (Lipinski definition) is 1. The maximum Gasteiger partial charge on any atom is 0.298 e. The van der Waals surface area contributed by atoms with Crippen molar-refractivity contribution in [3.05, 3.63) is 59.2 Å². The SMILES string of the molecule is COc1ccc2c(c1)C[C@H](C1CCCC1)N(C(=O)C#C[Si](C)(C)C)[C@H]2c1ccc(NC23CC4CC(CC(C4)C2)C3)cc1. The van der Waals surface area contributed by atoms with Gasteiger partial charge in [-0.25, -0.2) is 0 Å². The Hall–Kier alpha value is -2.71. The molecular formula is C37H48N2O2Si. The smallest absolute Gasteiger partial charge is 0.298 e. The fourth-order valence-electron chi connectivity index (χ4n) is 9.79. The summed E-state index contributed by atoms with van der Waals surface area (Å²) in [6, 6.07) is 15.6. The summed E-state index contributed by atoms with van der Waals surface area (Å²) in [6.45, 7) is 6.64. The van der Waals surface area contributed by atoms with Crippen LogP contribution in [-0.2, 0) is 11.2 Å². The number of amides is 1. The van der Waals surface area contributed by atoms with Gasteiger partial charge in [0.2, 0.25) is 0 Å². The van der Waals surface area contributed by atoms with Gasteiger partial charge in [-0.1, -0.05) is 50.7 Å². The van der Waals surface area contributed by atoms with Crippen LogP contribution in [0.2, 0.25) is 19.6 Å². The average Bonchev–Trinajstić information content (AvgIpc) is 3.49. The number of fused-ring (bicyclic) bond motifs is 1. The Morgan fingerprint density at radius 3 is 2.19 bits per heavy atom. The molecule has 2 aromatic rings. The monoisotopic (exact) mass is 580 g/mol. The van der Waals surface area contributed by atoms with E-state index in [1.165, 1.54) is 86.6 Å². The summed E-state index contributed by atoms with van der Waals surface area (Å²) in [5.41, 5.74) is 8.62. The van der Waals surface area contributed by atoms with Crippen LogP contribution in [0.25, 0.3) is 0 Å². The van der Waals surface area contributed by atoms with Crippen molar-refractivity contribution in [2.75, 3.05) is 12.4 Å². The predicted octanol–water partition coefficient (Wildman–Crippen LogP) is 7.99. The Morgan fingerprint density at radius 1 is 0.952 bits per heavy atom. The summed E-state index contributed by atoms with van der Waals surface area (Å²) in [6.07, 6.45) is 14.1. The largest absolute Gasteiger partial charge is 0.497 e. The topological polar surface area (TPSA) is 41.6 Å². The van der Waals surface area contributed by atoms with Crippen molar-refractivity contribution < 1.29 is 9.53 Å². The predicted molar refractivity (Wildman–Crippen MR) is 173 cm³/mol. The summed E-state index contributed by atoms with van der Waals surface area (Å²) < 4.78 is 5.66. The van der Waals surface area contributed by atoms with Gasteiger partial charge in [0.1, 0.15) is 13.8 Å². The van der Waals surface area contributed by atoms with E-state index in [1.807, 2.05) is 0 Å². The lowest BCUT2D eigenvalue weighted by Gasteiger charge is -2.57. The molecule has 0 saturated heterocycles. The molecule has 0 unspecified atom stereocenters. The molecule has 1 heterocycles. The minimum Gasteiger partial charge on any atom is -0.497 e. The minimum absolute atomic E-state index is 0.00318. The van der Waals surface area contributed by atoms with Gasteiger partial charge in [-0.05, 0) is 128 Å². The summed E-state index contributed by atoms with van der Waals surface area (Å²) in [4.78, 5) is 16.3. The van der Waals surface area contributed by atoms with E-state index in [2.05, 4.69) is 83.8 Å². The van der Waals surface area contributed by atoms with Crippen LogP contribution in [0.1, 0.15) is 86.9 Å². The molecule has 2 aromatic carbocycles. The van der Waals surface area contributed by atoms with Crippen LogP contribution in [-0.4, -0.2) is 37.6 Å². The molecule has 2 atom stereocenters. The van der Waals surface area contributed by atoms with E-state index in [0.717, 1.165) is 29.9 Å². The molecule has 42 heavy (non-hydrogen) atoms. The number of methoxy groups -OCH3 is 1. The van der Waals surface area contributed by atoms with E-state index in [4.69, 9.17) is 4.74 Å². The molecule has 6 aliphatic rings. The standard InChI is InChI=1S/C37H48N2O2Si/c1-41-32-13-14-33-30(20-32)21-34(28-7-5-6-8-28)39(35(40)15-16-42(2,3)4)36(33)29-9-11-31(12-10-29)38-37-22-25-17-26(23-37)19-27(18-25)24-37/h9-14,20,25-28,34,36,38H,5-8,17-19,21-24H2,1-4H3/t25?,26?,27?,34-,36+,37?/m1/s1. The number of anilines is 1. The highest BCUT2D eigenvalue weighted by Crippen LogP contribution is 2.56. The van der Waals surface area contributed by atoms with Crippen molar-refractivity contribution in [2.24, 2.45) is 23.7 Å². The maximum atomic E-state index is 14.1. The Bertz CT molecular complexity index is 1360. The number of benzene rings is 2. The van der Waals surface area contributed by atoms with Gasteiger partial charge in [-0.3, -0.25) is 4.79 Å². The summed E-state index contributed by atoms with van der Waals surface area (Å²) in [5.74, 6) is 7.32. The fourth-order valence-corrected chi connectivity index (χ4v) is 10.3. The van der Waals surface area contributed by atoms with E-state index >= 15 is 0 Å². The molecule has 1 aliphatic heterocycles. The van der Waals surface area contributed by atoms with Crippen LogP contribution in [0.3, 0.4) is 0 Å². The molecular weight excluding hydrogens is 533 g/mol. The molecule has 222 valence electrons. The van der Waals surface area contributed by atoms with Crippen molar-refractivity contribution in [2.45, 2.75) is 108 Å². The Kier molecular flexibility index (Phi) is 7.20. The zero-order valence-electron chi connectivity index (χ0n) is 26.0. The quantitative estimate of drug-likeness (QED) is 0.288. The molecule has 4 bridgehead atoms. The van der Waals surface area contributed by atoms with Crippen LogP contribution < -0.4 is 10.1 Å². The molecule has 5 aliphatic carbocycles. The van der Waals surface area contributed by atoms with Crippen molar-refractivity contribution >= 4 is 19.7 Å². The van der Waals surface area contributed by atoms with Gasteiger partial charge in [-0.15, -0.1) is 5.54 Å². The van der Waals surface area contributed by atoms with Gasteiger partial charge < -0.3 is 15.0 Å². The highest BCUT2D eigenvalue weighted by molar-refractivity contribution is 6.84. The molecule has 0 spiro atoms. The number of nitrogens with zero attached hydrogens (tertiary/aromatic N) is 1. The molecule has 1 N–H and O–H groups in total. The minimum atomic E-state index is -1.70. The Balaban J connectivity index is 1.25. The van der Waals surface area contributed by atoms with Gasteiger partial charge in [0.25, 0.3) is 5.91 Å². The zero-order chi connectivity index (χ0) is 29.1. The lowest BCUT2D eigenvalue weighted by atomic mass is 9.53. The zero-order valence-corrected chi connectivity index (χ0v) is 27.0. The van der Waals surface area contributed by atoms with Crippen molar-refractivity contribution in [1.82, 2.24) is 4.90 Å². The number of nitrogens with one attached hydrogen (secondary N) is 1. The molecule has 5 fully saturated rings. The van der Waals surface area contributed by atoms with Gasteiger partial charge in [-0.2, -0.15) is 0 Å². The summed E-state index contributed by atoms with van der Waals surface area (Å²) in [5, 5.41) is 4.06. The van der Waals surface area contributed by atoms with Crippen LogP contribution in [0, 0.1) is 35.1 Å². The third kappa shape index (κ3) is 5.41. The Morgan fingerprint density at radius 2 is 1.60 bits per heavy atom. The summed E-state index contributed by atoms with van der Waals surface area (Å²) in [7, 11) is 0.0461. The molecule has 0 radical (unpaired) electrons. The number of hydrogen-bond acceptors (Lipinski definition) is 3. The van der Waals surface area contributed by atoms with Crippen LogP contribution in [0.5, 0.6) is 5.75 Å². The number of carbonyl (C=O) groups excluding carboxylic acids is 1. The van der Waals surface area contributed by atoms with Gasteiger partial charge >= 0.3 is 0 Å². The molecule has 5 saturated carbocycles. The lowest BCUT2D eigenvalue weighted by Crippen LogP contribution is -2.54. The van der Waals surface area contributed by atoms with Crippen LogP contribution in [0.4, 0.5) is 5.69 Å². The van der Waals surface area contributed by atoms with E-state index in [9.17, 15) is 4.79 Å². The number of carbonyl (C=O) groups is 1. The van der Waals surface area contributed by atoms with E-state index < -0.39 is 8.07 Å². The first-order valence-corrected chi connectivity index (χ1v) is 20.1. The second kappa shape index (κ2) is 10.8.